The van der Waals surface area contributed by atoms with Gasteiger partial charge < -0.3 is 19.4 Å². The quantitative estimate of drug-likeness (QED) is 0.558. The summed E-state index contributed by atoms with van der Waals surface area (Å²) in [6, 6.07) is 10.2. The molecule has 0 aliphatic carbocycles. The molecule has 0 radical (unpaired) electrons. The van der Waals surface area contributed by atoms with E-state index in [9.17, 15) is 18.0 Å². The summed E-state index contributed by atoms with van der Waals surface area (Å²) >= 11 is 1.13. The van der Waals surface area contributed by atoms with Crippen LogP contribution in [-0.2, 0) is 11.2 Å². The zero-order valence-electron chi connectivity index (χ0n) is 17.0. The lowest BCUT2D eigenvalue weighted by Gasteiger charge is -2.36. The average Bonchev–Trinajstić information content (AvgIpc) is 3.14. The number of para-hydroxylation sites is 1. The van der Waals surface area contributed by atoms with Gasteiger partial charge in [0.15, 0.2) is 6.04 Å². The van der Waals surface area contributed by atoms with Crippen LogP contribution in [0.4, 0.5) is 13.2 Å². The van der Waals surface area contributed by atoms with Crippen molar-refractivity contribution < 1.29 is 27.4 Å². The van der Waals surface area contributed by atoms with Crippen LogP contribution in [0.25, 0.3) is 10.9 Å². The Morgan fingerprint density at radius 1 is 1.19 bits per heavy atom. The Bertz CT molecular complexity index is 1110. The molecule has 0 spiro atoms. The number of nitrogens with one attached hydrogen (secondary N) is 1. The molecule has 1 amide bonds. The number of hydrogen-bond acceptors (Lipinski definition) is 4. The van der Waals surface area contributed by atoms with Crippen LogP contribution in [-0.4, -0.2) is 48.5 Å². The number of fused-ring (bicyclic) bond motifs is 3. The van der Waals surface area contributed by atoms with Gasteiger partial charge >= 0.3 is 6.18 Å². The van der Waals surface area contributed by atoms with Gasteiger partial charge in [0.05, 0.1) is 30.6 Å². The summed E-state index contributed by atoms with van der Waals surface area (Å²) in [5.74, 6) is 0.375. The van der Waals surface area contributed by atoms with Crippen LogP contribution in [0.1, 0.15) is 17.3 Å². The van der Waals surface area contributed by atoms with E-state index in [1.54, 1.807) is 42.5 Å². The van der Waals surface area contributed by atoms with Gasteiger partial charge in [-0.3, -0.25) is 4.79 Å². The minimum Gasteiger partial charge on any atom is -0.497 e. The van der Waals surface area contributed by atoms with E-state index in [1.165, 1.54) is 14.2 Å². The summed E-state index contributed by atoms with van der Waals surface area (Å²) in [5, 5.41) is 0.773. The second-order valence-electron chi connectivity index (χ2n) is 7.15. The summed E-state index contributed by atoms with van der Waals surface area (Å²) in [6.07, 6.45) is -4.23. The Hall–Kier alpha value is -2.81. The van der Waals surface area contributed by atoms with E-state index >= 15 is 0 Å². The van der Waals surface area contributed by atoms with Gasteiger partial charge in [0.1, 0.15) is 11.5 Å². The maximum absolute atomic E-state index is 14.1. The lowest BCUT2D eigenvalue weighted by atomic mass is 9.97. The van der Waals surface area contributed by atoms with Crippen LogP contribution in [0.3, 0.4) is 0 Å². The van der Waals surface area contributed by atoms with Crippen molar-refractivity contribution in [3.63, 3.8) is 0 Å². The van der Waals surface area contributed by atoms with Crippen LogP contribution < -0.4 is 9.47 Å². The van der Waals surface area contributed by atoms with Gasteiger partial charge in [0.25, 0.3) is 0 Å². The van der Waals surface area contributed by atoms with E-state index in [4.69, 9.17) is 9.47 Å². The van der Waals surface area contributed by atoms with Gasteiger partial charge in [-0.1, -0.05) is 18.2 Å². The van der Waals surface area contributed by atoms with Crippen molar-refractivity contribution in [2.75, 3.05) is 26.5 Å². The molecular formula is C22H21F3N2O3S. The van der Waals surface area contributed by atoms with Crippen LogP contribution in [0, 0.1) is 0 Å². The van der Waals surface area contributed by atoms with E-state index in [0.717, 1.165) is 22.0 Å². The van der Waals surface area contributed by atoms with Crippen molar-refractivity contribution in [2.45, 2.75) is 23.5 Å². The van der Waals surface area contributed by atoms with Crippen molar-refractivity contribution >= 4 is 28.6 Å². The molecule has 3 aromatic rings. The van der Waals surface area contributed by atoms with Gasteiger partial charge in [-0.25, -0.2) is 0 Å². The van der Waals surface area contributed by atoms with Crippen molar-refractivity contribution in [3.8, 4) is 11.5 Å². The maximum Gasteiger partial charge on any atom is 0.414 e. The molecule has 2 heterocycles. The summed E-state index contributed by atoms with van der Waals surface area (Å²) in [7, 11) is 3.01. The molecular weight excluding hydrogens is 429 g/mol. The summed E-state index contributed by atoms with van der Waals surface area (Å²) < 4.78 is 52.7. The number of nitrogens with zero attached hydrogens (tertiary/aromatic N) is 1. The Labute approximate surface area is 181 Å². The number of thioether (sulfide) groups is 1. The molecule has 1 atom stereocenters. The van der Waals surface area contributed by atoms with E-state index in [1.807, 2.05) is 0 Å². The van der Waals surface area contributed by atoms with Crippen molar-refractivity contribution in [2.24, 2.45) is 0 Å². The topological polar surface area (TPSA) is 54.6 Å². The first-order chi connectivity index (χ1) is 14.8. The number of rotatable bonds is 5. The average molecular weight is 450 g/mol. The predicted molar refractivity (Wildman–Crippen MR) is 113 cm³/mol. The highest BCUT2D eigenvalue weighted by molar-refractivity contribution is 8.00. The molecule has 164 valence electrons. The van der Waals surface area contributed by atoms with Crippen molar-refractivity contribution in [1.29, 1.82) is 0 Å². The van der Waals surface area contributed by atoms with Crippen LogP contribution >= 0.6 is 11.8 Å². The Morgan fingerprint density at radius 3 is 2.68 bits per heavy atom. The summed E-state index contributed by atoms with van der Waals surface area (Å²) in [5.41, 5.74) is 1.33. The van der Waals surface area contributed by atoms with Gasteiger partial charge in [0.2, 0.25) is 5.91 Å². The third kappa shape index (κ3) is 4.06. The first kappa shape index (κ1) is 21.4. The van der Waals surface area contributed by atoms with Crippen molar-refractivity contribution in [3.05, 3.63) is 53.7 Å². The fraction of sp³-hybridized carbons (Fsp3) is 0.318. The number of ether oxygens (including phenoxy) is 2. The van der Waals surface area contributed by atoms with Crippen molar-refractivity contribution in [1.82, 2.24) is 9.88 Å². The highest BCUT2D eigenvalue weighted by atomic mass is 32.2. The number of amides is 1. The zero-order valence-corrected chi connectivity index (χ0v) is 17.8. The number of carbonyl (C=O) groups is 1. The molecule has 0 saturated heterocycles. The number of carbonyl (C=O) groups excluding carboxylic acids is 1. The molecule has 9 heteroatoms. The molecule has 1 aliphatic heterocycles. The molecule has 4 rings (SSSR count). The number of methoxy groups -OCH3 is 2. The molecule has 1 aliphatic rings. The fourth-order valence-corrected chi connectivity index (χ4v) is 4.91. The Morgan fingerprint density at radius 2 is 1.97 bits per heavy atom. The van der Waals surface area contributed by atoms with Gasteiger partial charge in [-0.2, -0.15) is 13.2 Å². The van der Waals surface area contributed by atoms with Gasteiger partial charge in [-0.15, -0.1) is 11.8 Å². The first-order valence-corrected chi connectivity index (χ1v) is 10.6. The third-order valence-corrected chi connectivity index (χ3v) is 6.41. The number of H-pyrrole nitrogens is 1. The van der Waals surface area contributed by atoms with E-state index in [2.05, 4.69) is 4.98 Å². The van der Waals surface area contributed by atoms with Gasteiger partial charge in [0, 0.05) is 17.4 Å². The number of alkyl halides is 3. The Kier molecular flexibility index (Phi) is 5.79. The fourth-order valence-electron chi connectivity index (χ4n) is 3.97. The van der Waals surface area contributed by atoms with Crippen LogP contribution in [0.5, 0.6) is 11.5 Å². The smallest absolute Gasteiger partial charge is 0.414 e. The van der Waals surface area contributed by atoms with Gasteiger partial charge in [-0.05, 0) is 36.2 Å². The number of aromatic nitrogens is 1. The highest BCUT2D eigenvalue weighted by Crippen LogP contribution is 2.44. The minimum absolute atomic E-state index is 0.00760. The number of halogens is 3. The zero-order chi connectivity index (χ0) is 22.2. The molecule has 1 unspecified atom stereocenters. The first-order valence-electron chi connectivity index (χ1n) is 9.64. The maximum atomic E-state index is 14.1. The monoisotopic (exact) mass is 450 g/mol. The molecule has 0 saturated carbocycles. The SMILES string of the molecule is COc1ccc(OC)c(SCC(=O)N2CCc3c([nH]c4ccccc34)C2C(F)(F)F)c1. The molecule has 5 nitrogen and oxygen atoms in total. The highest BCUT2D eigenvalue weighted by Gasteiger charge is 2.50. The normalized spacial score (nSPS) is 16.3. The van der Waals surface area contributed by atoms with E-state index < -0.39 is 18.1 Å². The third-order valence-electron chi connectivity index (χ3n) is 5.39. The van der Waals surface area contributed by atoms with E-state index in [-0.39, 0.29) is 18.0 Å². The van der Waals surface area contributed by atoms with E-state index in [0.29, 0.717) is 33.9 Å². The molecule has 1 N–H and O–H groups in total. The predicted octanol–water partition coefficient (Wildman–Crippen LogP) is 4.97. The molecule has 2 aromatic carbocycles. The lowest BCUT2D eigenvalue weighted by molar-refractivity contribution is -0.193. The lowest BCUT2D eigenvalue weighted by Crippen LogP contribution is -2.47. The second kappa shape index (κ2) is 8.37. The molecule has 31 heavy (non-hydrogen) atoms. The number of aromatic amines is 1. The number of benzene rings is 2. The Balaban J connectivity index is 1.61. The van der Waals surface area contributed by atoms with Crippen LogP contribution in [0.2, 0.25) is 0 Å². The largest absolute Gasteiger partial charge is 0.497 e. The summed E-state index contributed by atoms with van der Waals surface area (Å²) in [6.45, 7) is 0.00760. The molecule has 0 bridgehead atoms. The van der Waals surface area contributed by atoms with Crippen LogP contribution in [0.15, 0.2) is 47.4 Å². The molecule has 1 aromatic heterocycles. The minimum atomic E-state index is -4.59. The molecule has 0 fully saturated rings. The summed E-state index contributed by atoms with van der Waals surface area (Å²) in [4.78, 5) is 17.4. The standard InChI is InChI=1S/C22H21F3N2O3S/c1-29-13-7-8-17(30-2)18(11-13)31-12-19(28)27-10-9-15-14-5-3-4-6-16(14)26-20(15)21(27)22(23,24)25/h3-8,11,21,26H,9-10,12H2,1-2H3. The number of hydrogen-bond donors (Lipinski definition) is 1. The second-order valence-corrected chi connectivity index (χ2v) is 8.17.